The Hall–Kier alpha value is -3.47. The van der Waals surface area contributed by atoms with Crippen molar-refractivity contribution in [2.24, 2.45) is 0 Å². The molecule has 0 aliphatic rings. The lowest BCUT2D eigenvalue weighted by molar-refractivity contribution is 0.102. The Labute approximate surface area is 142 Å². The van der Waals surface area contributed by atoms with Crippen molar-refractivity contribution in [2.75, 3.05) is 5.32 Å². The summed E-state index contributed by atoms with van der Waals surface area (Å²) < 4.78 is 19.3. The molecule has 0 fully saturated rings. The molecule has 122 valence electrons. The van der Waals surface area contributed by atoms with Gasteiger partial charge in [0.2, 0.25) is 5.89 Å². The van der Waals surface area contributed by atoms with E-state index in [-0.39, 0.29) is 11.6 Å². The van der Waals surface area contributed by atoms with Gasteiger partial charge in [-0.25, -0.2) is 9.37 Å². The molecule has 1 aromatic heterocycles. The van der Waals surface area contributed by atoms with E-state index in [0.717, 1.165) is 11.1 Å². The van der Waals surface area contributed by atoms with E-state index in [0.29, 0.717) is 17.0 Å². The van der Waals surface area contributed by atoms with Crippen LogP contribution >= 0.6 is 0 Å². The topological polar surface area (TPSA) is 55.1 Å². The van der Waals surface area contributed by atoms with Crippen LogP contribution in [-0.4, -0.2) is 10.9 Å². The third-order valence-electron chi connectivity index (χ3n) is 3.81. The van der Waals surface area contributed by atoms with Crippen LogP contribution in [0.15, 0.2) is 77.2 Å². The molecule has 25 heavy (non-hydrogen) atoms. The normalized spacial score (nSPS) is 10.8. The van der Waals surface area contributed by atoms with Gasteiger partial charge in [0.25, 0.3) is 5.91 Å². The summed E-state index contributed by atoms with van der Waals surface area (Å²) in [5.74, 6) is -0.365. The van der Waals surface area contributed by atoms with E-state index in [1.54, 1.807) is 36.4 Å². The van der Waals surface area contributed by atoms with Crippen LogP contribution in [0.3, 0.4) is 0 Å². The van der Waals surface area contributed by atoms with Gasteiger partial charge in [-0.3, -0.25) is 4.79 Å². The van der Waals surface area contributed by atoms with Crippen molar-refractivity contribution in [1.82, 2.24) is 4.98 Å². The lowest BCUT2D eigenvalue weighted by atomic mass is 10.1. The maximum atomic E-state index is 13.6. The molecule has 1 heterocycles. The van der Waals surface area contributed by atoms with Gasteiger partial charge in [0, 0.05) is 11.1 Å². The van der Waals surface area contributed by atoms with Gasteiger partial charge in [-0.1, -0.05) is 24.3 Å². The molecule has 0 atom stereocenters. The highest BCUT2D eigenvalue weighted by atomic mass is 19.1. The number of hydrogen-bond acceptors (Lipinski definition) is 3. The zero-order valence-electron chi connectivity index (χ0n) is 13.1. The van der Waals surface area contributed by atoms with E-state index < -0.39 is 5.82 Å². The Bertz CT molecular complexity index is 1020. The summed E-state index contributed by atoms with van der Waals surface area (Å²) in [4.78, 5) is 16.7. The number of benzene rings is 3. The van der Waals surface area contributed by atoms with E-state index in [9.17, 15) is 9.18 Å². The number of rotatable bonds is 3. The van der Waals surface area contributed by atoms with Crippen LogP contribution in [0, 0.1) is 5.82 Å². The van der Waals surface area contributed by atoms with E-state index >= 15 is 0 Å². The summed E-state index contributed by atoms with van der Waals surface area (Å²) in [6, 6.07) is 20.3. The lowest BCUT2D eigenvalue weighted by Crippen LogP contribution is -2.12. The van der Waals surface area contributed by atoms with Gasteiger partial charge in [0.1, 0.15) is 11.3 Å². The summed E-state index contributed by atoms with van der Waals surface area (Å²) in [6.07, 6.45) is 0. The Morgan fingerprint density at radius 3 is 2.40 bits per heavy atom. The first-order chi connectivity index (χ1) is 12.2. The number of aromatic nitrogens is 1. The zero-order chi connectivity index (χ0) is 17.2. The quantitative estimate of drug-likeness (QED) is 0.581. The Morgan fingerprint density at radius 2 is 1.64 bits per heavy atom. The first-order valence-corrected chi connectivity index (χ1v) is 7.72. The van der Waals surface area contributed by atoms with Crippen LogP contribution in [0.5, 0.6) is 0 Å². The minimum absolute atomic E-state index is 0.149. The number of anilines is 1. The highest BCUT2D eigenvalue weighted by Gasteiger charge is 2.11. The lowest BCUT2D eigenvalue weighted by Gasteiger charge is -2.06. The average molecular weight is 332 g/mol. The van der Waals surface area contributed by atoms with Gasteiger partial charge in [-0.15, -0.1) is 0 Å². The number of carbonyl (C=O) groups is 1. The standard InChI is InChI=1S/C20H13FN2O2/c21-15-5-1-2-6-16(15)22-19(24)13-9-11-14(12-10-13)20-23-17-7-3-4-8-18(17)25-20/h1-12H,(H,22,24). The second kappa shape index (κ2) is 6.20. The number of nitrogens with zero attached hydrogens (tertiary/aromatic N) is 1. The molecule has 1 amide bonds. The van der Waals surface area contributed by atoms with Crippen molar-refractivity contribution in [3.05, 3.63) is 84.2 Å². The van der Waals surface area contributed by atoms with Gasteiger partial charge in [-0.2, -0.15) is 0 Å². The van der Waals surface area contributed by atoms with E-state index in [4.69, 9.17) is 4.42 Å². The second-order valence-electron chi connectivity index (χ2n) is 5.50. The number of amides is 1. The van der Waals surface area contributed by atoms with Crippen molar-refractivity contribution in [3.8, 4) is 11.5 Å². The fourth-order valence-corrected chi connectivity index (χ4v) is 2.52. The molecule has 0 bridgehead atoms. The first kappa shape index (κ1) is 15.1. The number of para-hydroxylation sites is 3. The fourth-order valence-electron chi connectivity index (χ4n) is 2.52. The number of nitrogens with one attached hydrogen (secondary N) is 1. The Balaban J connectivity index is 1.57. The van der Waals surface area contributed by atoms with Gasteiger partial charge in [0.15, 0.2) is 5.58 Å². The number of hydrogen-bond donors (Lipinski definition) is 1. The molecule has 4 rings (SSSR count). The Morgan fingerprint density at radius 1 is 0.920 bits per heavy atom. The third kappa shape index (κ3) is 2.99. The van der Waals surface area contributed by atoms with Gasteiger partial charge in [0.05, 0.1) is 5.69 Å². The SMILES string of the molecule is O=C(Nc1ccccc1F)c1ccc(-c2nc3ccccc3o2)cc1. The predicted octanol–water partition coefficient (Wildman–Crippen LogP) is 4.89. The number of carbonyl (C=O) groups excluding carboxylic acids is 1. The van der Waals surface area contributed by atoms with Crippen LogP contribution in [0.1, 0.15) is 10.4 Å². The maximum Gasteiger partial charge on any atom is 0.255 e. The molecule has 0 aliphatic carbocycles. The van der Waals surface area contributed by atoms with E-state index in [1.807, 2.05) is 24.3 Å². The molecule has 1 N–H and O–H groups in total. The van der Waals surface area contributed by atoms with Crippen molar-refractivity contribution in [3.63, 3.8) is 0 Å². The highest BCUT2D eigenvalue weighted by molar-refractivity contribution is 6.04. The summed E-state index contributed by atoms with van der Waals surface area (Å²) in [5.41, 5.74) is 2.81. The van der Waals surface area contributed by atoms with Crippen LogP contribution < -0.4 is 5.32 Å². The number of fused-ring (bicyclic) bond motifs is 1. The fraction of sp³-hybridized carbons (Fsp3) is 0. The molecule has 4 aromatic rings. The zero-order valence-corrected chi connectivity index (χ0v) is 13.1. The second-order valence-corrected chi connectivity index (χ2v) is 5.50. The molecule has 0 saturated carbocycles. The highest BCUT2D eigenvalue weighted by Crippen LogP contribution is 2.24. The minimum atomic E-state index is -0.473. The third-order valence-corrected chi connectivity index (χ3v) is 3.81. The van der Waals surface area contributed by atoms with Crippen molar-refractivity contribution < 1.29 is 13.6 Å². The molecular formula is C20H13FN2O2. The smallest absolute Gasteiger partial charge is 0.255 e. The molecular weight excluding hydrogens is 319 g/mol. The average Bonchev–Trinajstić information content (AvgIpc) is 3.08. The predicted molar refractivity (Wildman–Crippen MR) is 93.8 cm³/mol. The Kier molecular flexibility index (Phi) is 3.74. The van der Waals surface area contributed by atoms with Gasteiger partial charge < -0.3 is 9.73 Å². The largest absolute Gasteiger partial charge is 0.436 e. The summed E-state index contributed by atoms with van der Waals surface area (Å²) >= 11 is 0. The molecule has 0 radical (unpaired) electrons. The van der Waals surface area contributed by atoms with Crippen molar-refractivity contribution in [1.29, 1.82) is 0 Å². The van der Waals surface area contributed by atoms with Crippen molar-refractivity contribution >= 4 is 22.7 Å². The van der Waals surface area contributed by atoms with E-state index in [1.165, 1.54) is 12.1 Å². The van der Waals surface area contributed by atoms with Gasteiger partial charge in [-0.05, 0) is 48.5 Å². The molecule has 3 aromatic carbocycles. The summed E-state index contributed by atoms with van der Waals surface area (Å²) in [5, 5.41) is 2.55. The molecule has 0 aliphatic heterocycles. The van der Waals surface area contributed by atoms with Crippen molar-refractivity contribution in [2.45, 2.75) is 0 Å². The minimum Gasteiger partial charge on any atom is -0.436 e. The van der Waals surface area contributed by atoms with Gasteiger partial charge >= 0.3 is 0 Å². The monoisotopic (exact) mass is 332 g/mol. The number of oxazole rings is 1. The van der Waals surface area contributed by atoms with Crippen LogP contribution in [0.4, 0.5) is 10.1 Å². The molecule has 0 spiro atoms. The summed E-state index contributed by atoms with van der Waals surface area (Å²) in [7, 11) is 0. The first-order valence-electron chi connectivity index (χ1n) is 7.72. The van der Waals surface area contributed by atoms with E-state index in [2.05, 4.69) is 10.3 Å². The maximum absolute atomic E-state index is 13.6. The number of halogens is 1. The van der Waals surface area contributed by atoms with Crippen LogP contribution in [0.2, 0.25) is 0 Å². The van der Waals surface area contributed by atoms with Crippen LogP contribution in [-0.2, 0) is 0 Å². The molecule has 4 nitrogen and oxygen atoms in total. The molecule has 5 heteroatoms. The van der Waals surface area contributed by atoms with Crippen LogP contribution in [0.25, 0.3) is 22.6 Å². The molecule has 0 unspecified atom stereocenters. The molecule has 0 saturated heterocycles. The summed E-state index contributed by atoms with van der Waals surface area (Å²) in [6.45, 7) is 0.